The summed E-state index contributed by atoms with van der Waals surface area (Å²) in [5.74, 6) is 1.32. The second kappa shape index (κ2) is 6.90. The Bertz CT molecular complexity index is 838. The number of nitrogens with zero attached hydrogens (tertiary/aromatic N) is 1. The van der Waals surface area contributed by atoms with Crippen LogP contribution in [0.25, 0.3) is 23.4 Å². The van der Waals surface area contributed by atoms with E-state index in [9.17, 15) is 0 Å². The Morgan fingerprint density at radius 1 is 1.04 bits per heavy atom. The van der Waals surface area contributed by atoms with E-state index in [2.05, 4.69) is 4.98 Å². The van der Waals surface area contributed by atoms with Gasteiger partial charge in [0.2, 0.25) is 5.89 Å². The minimum atomic E-state index is 0.502. The molecule has 0 bridgehead atoms. The quantitative estimate of drug-likeness (QED) is 0.596. The van der Waals surface area contributed by atoms with E-state index in [0.29, 0.717) is 21.6 Å². The fourth-order valence-electron chi connectivity index (χ4n) is 2.07. The predicted molar refractivity (Wildman–Crippen MR) is 93.9 cm³/mol. The predicted octanol–water partition coefficient (Wildman–Crippen LogP) is 5.83. The van der Waals surface area contributed by atoms with E-state index in [1.54, 1.807) is 31.6 Å². The van der Waals surface area contributed by atoms with Gasteiger partial charge in [0.1, 0.15) is 17.7 Å². The maximum Gasteiger partial charge on any atom is 0.219 e. The largest absolute Gasteiger partial charge is 0.497 e. The van der Waals surface area contributed by atoms with Crippen LogP contribution in [0.2, 0.25) is 10.0 Å². The molecule has 0 aliphatic heterocycles. The third-order valence-electron chi connectivity index (χ3n) is 3.26. The Morgan fingerprint density at radius 3 is 2.52 bits per heavy atom. The van der Waals surface area contributed by atoms with Crippen LogP contribution in [-0.2, 0) is 0 Å². The molecule has 0 saturated heterocycles. The summed E-state index contributed by atoms with van der Waals surface area (Å²) in [5.41, 5.74) is 2.47. The summed E-state index contributed by atoms with van der Waals surface area (Å²) in [7, 11) is 1.64. The highest BCUT2D eigenvalue weighted by molar-refractivity contribution is 6.36. The van der Waals surface area contributed by atoms with E-state index in [4.69, 9.17) is 32.4 Å². The van der Waals surface area contributed by atoms with Gasteiger partial charge in [-0.15, -0.1) is 0 Å². The molecule has 0 N–H and O–H groups in total. The highest BCUT2D eigenvalue weighted by Gasteiger charge is 2.08. The van der Waals surface area contributed by atoms with Gasteiger partial charge in [-0.2, -0.15) is 0 Å². The zero-order valence-electron chi connectivity index (χ0n) is 12.3. The molecule has 0 amide bonds. The summed E-state index contributed by atoms with van der Waals surface area (Å²) >= 11 is 12.1. The summed E-state index contributed by atoms with van der Waals surface area (Å²) < 4.78 is 10.6. The van der Waals surface area contributed by atoms with Crippen molar-refractivity contribution >= 4 is 35.4 Å². The van der Waals surface area contributed by atoms with E-state index in [0.717, 1.165) is 16.9 Å². The Balaban J connectivity index is 1.79. The minimum Gasteiger partial charge on any atom is -0.497 e. The van der Waals surface area contributed by atoms with Crippen molar-refractivity contribution in [2.24, 2.45) is 0 Å². The van der Waals surface area contributed by atoms with Gasteiger partial charge in [0.05, 0.1) is 12.1 Å². The second-order valence-electron chi connectivity index (χ2n) is 4.80. The molecule has 0 fully saturated rings. The fraction of sp³-hybridized carbons (Fsp3) is 0.0556. The summed E-state index contributed by atoms with van der Waals surface area (Å²) in [5, 5.41) is 1.12. The van der Waals surface area contributed by atoms with Gasteiger partial charge in [0.25, 0.3) is 0 Å². The van der Waals surface area contributed by atoms with Crippen molar-refractivity contribution in [1.82, 2.24) is 4.98 Å². The van der Waals surface area contributed by atoms with Crippen molar-refractivity contribution in [2.75, 3.05) is 7.11 Å². The lowest BCUT2D eigenvalue weighted by molar-refractivity contribution is 0.415. The van der Waals surface area contributed by atoms with Crippen molar-refractivity contribution in [3.05, 3.63) is 70.2 Å². The number of halogens is 2. The van der Waals surface area contributed by atoms with Crippen LogP contribution in [0.4, 0.5) is 0 Å². The number of benzene rings is 2. The van der Waals surface area contributed by atoms with Gasteiger partial charge in [-0.3, -0.25) is 0 Å². The number of ether oxygens (including phenoxy) is 1. The highest BCUT2D eigenvalue weighted by atomic mass is 35.5. The molecule has 5 heteroatoms. The molecule has 0 spiro atoms. The summed E-state index contributed by atoms with van der Waals surface area (Å²) in [6, 6.07) is 13.0. The fourth-order valence-corrected chi connectivity index (χ4v) is 2.57. The van der Waals surface area contributed by atoms with Gasteiger partial charge in [-0.05, 0) is 42.0 Å². The molecule has 2 aromatic carbocycles. The van der Waals surface area contributed by atoms with Crippen molar-refractivity contribution < 1.29 is 9.15 Å². The molecule has 23 heavy (non-hydrogen) atoms. The normalized spacial score (nSPS) is 11.1. The first-order valence-electron chi connectivity index (χ1n) is 6.89. The van der Waals surface area contributed by atoms with Gasteiger partial charge >= 0.3 is 0 Å². The van der Waals surface area contributed by atoms with E-state index in [-0.39, 0.29) is 0 Å². The third-order valence-corrected chi connectivity index (χ3v) is 3.81. The molecular weight excluding hydrogens is 333 g/mol. The number of hydrogen-bond acceptors (Lipinski definition) is 3. The van der Waals surface area contributed by atoms with Crippen LogP contribution in [0.15, 0.2) is 53.1 Å². The maximum atomic E-state index is 6.18. The van der Waals surface area contributed by atoms with Crippen molar-refractivity contribution in [3.63, 3.8) is 0 Å². The van der Waals surface area contributed by atoms with E-state index in [1.165, 1.54) is 0 Å². The zero-order valence-corrected chi connectivity index (χ0v) is 13.8. The van der Waals surface area contributed by atoms with Crippen LogP contribution >= 0.6 is 23.2 Å². The molecule has 0 saturated carbocycles. The van der Waals surface area contributed by atoms with Crippen LogP contribution in [0.3, 0.4) is 0 Å². The molecule has 1 heterocycles. The van der Waals surface area contributed by atoms with Gasteiger partial charge in [-0.1, -0.05) is 35.3 Å². The third kappa shape index (κ3) is 3.76. The summed E-state index contributed by atoms with van der Waals surface area (Å²) in [6.07, 6.45) is 5.29. The molecule has 0 radical (unpaired) electrons. The van der Waals surface area contributed by atoms with Crippen molar-refractivity contribution in [1.29, 1.82) is 0 Å². The number of oxazole rings is 1. The van der Waals surface area contributed by atoms with Crippen molar-refractivity contribution in [3.8, 4) is 17.0 Å². The van der Waals surface area contributed by atoms with Crippen LogP contribution < -0.4 is 4.74 Å². The SMILES string of the molecule is COc1ccc(C=Cc2nc(-c3ccc(Cl)cc3Cl)co2)cc1. The summed E-state index contributed by atoms with van der Waals surface area (Å²) in [6.45, 7) is 0. The molecule has 1 aromatic heterocycles. The Morgan fingerprint density at radius 2 is 1.83 bits per heavy atom. The van der Waals surface area contributed by atoms with E-state index in [1.807, 2.05) is 36.4 Å². The highest BCUT2D eigenvalue weighted by Crippen LogP contribution is 2.30. The Labute approximate surface area is 144 Å². The van der Waals surface area contributed by atoms with Gasteiger partial charge in [0, 0.05) is 16.7 Å². The molecule has 3 rings (SSSR count). The lowest BCUT2D eigenvalue weighted by Crippen LogP contribution is -1.81. The molecule has 0 unspecified atom stereocenters. The Hall–Kier alpha value is -2.23. The van der Waals surface area contributed by atoms with Gasteiger partial charge in [0.15, 0.2) is 0 Å². The molecule has 3 aromatic rings. The van der Waals surface area contributed by atoms with Crippen LogP contribution in [0, 0.1) is 0 Å². The standard InChI is InChI=1S/C18H13Cl2NO2/c1-22-14-6-2-12(3-7-14)4-9-18-21-17(11-23-18)15-8-5-13(19)10-16(15)20/h2-11H,1H3. The number of methoxy groups -OCH3 is 1. The minimum absolute atomic E-state index is 0.502. The zero-order chi connectivity index (χ0) is 16.2. The molecule has 3 nitrogen and oxygen atoms in total. The number of rotatable bonds is 4. The molecular formula is C18H13Cl2NO2. The van der Waals surface area contributed by atoms with Gasteiger partial charge < -0.3 is 9.15 Å². The van der Waals surface area contributed by atoms with Crippen molar-refractivity contribution in [2.45, 2.75) is 0 Å². The molecule has 0 aliphatic rings. The first-order chi connectivity index (χ1) is 11.2. The molecule has 116 valence electrons. The molecule has 0 atom stereocenters. The monoisotopic (exact) mass is 345 g/mol. The lowest BCUT2D eigenvalue weighted by Gasteiger charge is -1.99. The summed E-state index contributed by atoms with van der Waals surface area (Å²) in [4.78, 5) is 4.41. The maximum absolute atomic E-state index is 6.18. The topological polar surface area (TPSA) is 35.3 Å². The average molecular weight is 346 g/mol. The van der Waals surface area contributed by atoms with Crippen LogP contribution in [-0.4, -0.2) is 12.1 Å². The molecule has 0 aliphatic carbocycles. The lowest BCUT2D eigenvalue weighted by atomic mass is 10.2. The van der Waals surface area contributed by atoms with Gasteiger partial charge in [-0.25, -0.2) is 4.98 Å². The first kappa shape index (κ1) is 15.7. The Kier molecular flexibility index (Phi) is 4.70. The smallest absolute Gasteiger partial charge is 0.219 e. The van der Waals surface area contributed by atoms with Crippen LogP contribution in [0.1, 0.15) is 11.5 Å². The number of aromatic nitrogens is 1. The first-order valence-corrected chi connectivity index (χ1v) is 7.64. The average Bonchev–Trinajstić information content (AvgIpc) is 3.02. The van der Waals surface area contributed by atoms with E-state index < -0.39 is 0 Å². The van der Waals surface area contributed by atoms with Crippen LogP contribution in [0.5, 0.6) is 5.75 Å². The number of hydrogen-bond donors (Lipinski definition) is 0. The second-order valence-corrected chi connectivity index (χ2v) is 5.65. The van der Waals surface area contributed by atoms with E-state index >= 15 is 0 Å².